The Morgan fingerprint density at radius 2 is 1.76 bits per heavy atom. The minimum absolute atomic E-state index is 0.411. The molecule has 0 aromatic carbocycles. The van der Waals surface area contributed by atoms with E-state index >= 15 is 0 Å². The van der Waals surface area contributed by atoms with Gasteiger partial charge in [-0.3, -0.25) is 5.10 Å². The van der Waals surface area contributed by atoms with Crippen molar-refractivity contribution in [3.63, 3.8) is 0 Å². The first-order chi connectivity index (χ1) is 8.43. The third kappa shape index (κ3) is 2.51. The van der Waals surface area contributed by atoms with Crippen LogP contribution in [0, 0.1) is 0 Å². The van der Waals surface area contributed by atoms with E-state index in [1.54, 1.807) is 0 Å². The molecule has 1 aromatic heterocycles. The van der Waals surface area contributed by atoms with Gasteiger partial charge in [0.05, 0.1) is 6.04 Å². The van der Waals surface area contributed by atoms with Gasteiger partial charge < -0.3 is 5.32 Å². The van der Waals surface area contributed by atoms with Crippen molar-refractivity contribution in [2.75, 3.05) is 6.54 Å². The SMILES string of the molecule is C1CCC(c2n[nH]c([C@@H]3CCCCN3)n2)CC1. The Kier molecular flexibility index (Phi) is 3.41. The van der Waals surface area contributed by atoms with Crippen molar-refractivity contribution in [1.29, 1.82) is 0 Å². The van der Waals surface area contributed by atoms with Crippen molar-refractivity contribution in [2.24, 2.45) is 0 Å². The van der Waals surface area contributed by atoms with Crippen molar-refractivity contribution in [1.82, 2.24) is 20.5 Å². The highest BCUT2D eigenvalue weighted by Gasteiger charge is 2.23. The molecule has 1 atom stereocenters. The summed E-state index contributed by atoms with van der Waals surface area (Å²) < 4.78 is 0. The lowest BCUT2D eigenvalue weighted by atomic mass is 9.89. The zero-order valence-corrected chi connectivity index (χ0v) is 10.4. The van der Waals surface area contributed by atoms with Crippen molar-refractivity contribution in [3.05, 3.63) is 11.6 Å². The third-order valence-corrected chi connectivity index (χ3v) is 4.13. The minimum Gasteiger partial charge on any atom is -0.307 e. The van der Waals surface area contributed by atoms with E-state index in [2.05, 4.69) is 15.5 Å². The first kappa shape index (κ1) is 11.2. The van der Waals surface area contributed by atoms with E-state index < -0.39 is 0 Å². The Labute approximate surface area is 103 Å². The Hall–Kier alpha value is -0.900. The van der Waals surface area contributed by atoms with Crippen LogP contribution in [0.5, 0.6) is 0 Å². The average molecular weight is 234 g/mol. The van der Waals surface area contributed by atoms with E-state index in [4.69, 9.17) is 4.98 Å². The van der Waals surface area contributed by atoms with E-state index in [9.17, 15) is 0 Å². The van der Waals surface area contributed by atoms with Crippen LogP contribution in [0.15, 0.2) is 0 Å². The maximum absolute atomic E-state index is 4.73. The van der Waals surface area contributed by atoms with E-state index in [-0.39, 0.29) is 0 Å². The molecule has 3 rings (SSSR count). The fourth-order valence-electron chi connectivity index (χ4n) is 3.07. The van der Waals surface area contributed by atoms with Crippen LogP contribution in [0.1, 0.15) is 75.0 Å². The molecule has 0 amide bonds. The van der Waals surface area contributed by atoms with Crippen LogP contribution in [0.3, 0.4) is 0 Å². The maximum atomic E-state index is 4.73. The monoisotopic (exact) mass is 234 g/mol. The highest BCUT2D eigenvalue weighted by molar-refractivity contribution is 5.03. The van der Waals surface area contributed by atoms with Gasteiger partial charge in [0.1, 0.15) is 5.82 Å². The predicted octanol–water partition coefficient (Wildman–Crippen LogP) is 2.67. The lowest BCUT2D eigenvalue weighted by Gasteiger charge is -2.21. The number of hydrogen-bond acceptors (Lipinski definition) is 3. The molecule has 4 nitrogen and oxygen atoms in total. The summed E-state index contributed by atoms with van der Waals surface area (Å²) in [6.07, 6.45) is 10.4. The van der Waals surface area contributed by atoms with Crippen LogP contribution < -0.4 is 5.32 Å². The number of hydrogen-bond donors (Lipinski definition) is 2. The first-order valence-electron chi connectivity index (χ1n) is 7.09. The molecule has 2 N–H and O–H groups in total. The maximum Gasteiger partial charge on any atom is 0.153 e. The van der Waals surface area contributed by atoms with Crippen LogP contribution in [0.4, 0.5) is 0 Å². The summed E-state index contributed by atoms with van der Waals surface area (Å²) in [6, 6.07) is 0.411. The smallest absolute Gasteiger partial charge is 0.153 e. The summed E-state index contributed by atoms with van der Waals surface area (Å²) in [7, 11) is 0. The van der Waals surface area contributed by atoms with Gasteiger partial charge in [0.15, 0.2) is 5.82 Å². The molecular weight excluding hydrogens is 212 g/mol. The number of H-pyrrole nitrogens is 1. The van der Waals surface area contributed by atoms with Crippen LogP contribution in [0.25, 0.3) is 0 Å². The van der Waals surface area contributed by atoms with Crippen LogP contribution in [0.2, 0.25) is 0 Å². The number of nitrogens with one attached hydrogen (secondary N) is 2. The molecular formula is C13H22N4. The number of aromatic amines is 1. The molecule has 1 aromatic rings. The quantitative estimate of drug-likeness (QED) is 0.827. The lowest BCUT2D eigenvalue weighted by Crippen LogP contribution is -2.27. The Morgan fingerprint density at radius 1 is 0.941 bits per heavy atom. The number of rotatable bonds is 2. The lowest BCUT2D eigenvalue weighted by molar-refractivity contribution is 0.396. The van der Waals surface area contributed by atoms with Gasteiger partial charge in [0.25, 0.3) is 0 Å². The van der Waals surface area contributed by atoms with E-state index in [0.717, 1.165) is 18.2 Å². The fraction of sp³-hybridized carbons (Fsp3) is 0.846. The standard InChI is InChI=1S/C13H22N4/c1-2-6-10(7-3-1)12-15-13(17-16-12)11-8-4-5-9-14-11/h10-11,14H,1-9H2,(H,15,16,17)/t11-/m0/s1. The van der Waals surface area contributed by atoms with Crippen molar-refractivity contribution >= 4 is 0 Å². The molecule has 0 radical (unpaired) electrons. The molecule has 94 valence electrons. The normalized spacial score (nSPS) is 27.2. The second kappa shape index (κ2) is 5.17. The molecule has 2 heterocycles. The van der Waals surface area contributed by atoms with E-state index in [0.29, 0.717) is 12.0 Å². The molecule has 2 aliphatic rings. The summed E-state index contributed by atoms with van der Waals surface area (Å²) in [5, 5.41) is 11.1. The first-order valence-corrected chi connectivity index (χ1v) is 7.09. The van der Waals surface area contributed by atoms with Gasteiger partial charge in [-0.2, -0.15) is 5.10 Å². The second-order valence-corrected chi connectivity index (χ2v) is 5.42. The molecule has 17 heavy (non-hydrogen) atoms. The minimum atomic E-state index is 0.411. The highest BCUT2D eigenvalue weighted by atomic mass is 15.2. The van der Waals surface area contributed by atoms with E-state index in [1.165, 1.54) is 51.4 Å². The molecule has 1 aliphatic heterocycles. The second-order valence-electron chi connectivity index (χ2n) is 5.42. The van der Waals surface area contributed by atoms with Crippen LogP contribution >= 0.6 is 0 Å². The summed E-state index contributed by atoms with van der Waals surface area (Å²) in [6.45, 7) is 1.12. The molecule has 0 spiro atoms. The highest BCUT2D eigenvalue weighted by Crippen LogP contribution is 2.31. The van der Waals surface area contributed by atoms with Gasteiger partial charge in [-0.05, 0) is 32.2 Å². The van der Waals surface area contributed by atoms with Gasteiger partial charge in [0, 0.05) is 5.92 Å². The van der Waals surface area contributed by atoms with Gasteiger partial charge in [-0.15, -0.1) is 0 Å². The molecule has 0 unspecified atom stereocenters. The summed E-state index contributed by atoms with van der Waals surface area (Å²) in [5.41, 5.74) is 0. The Bertz CT molecular complexity index is 316. The molecule has 1 saturated carbocycles. The van der Waals surface area contributed by atoms with Gasteiger partial charge in [-0.1, -0.05) is 25.7 Å². The van der Waals surface area contributed by atoms with Crippen molar-refractivity contribution < 1.29 is 0 Å². The zero-order valence-electron chi connectivity index (χ0n) is 10.4. The average Bonchev–Trinajstić information content (AvgIpc) is 2.90. The molecule has 1 aliphatic carbocycles. The largest absolute Gasteiger partial charge is 0.307 e. The Balaban J connectivity index is 1.68. The molecule has 4 heteroatoms. The number of nitrogens with zero attached hydrogens (tertiary/aromatic N) is 2. The molecule has 1 saturated heterocycles. The fourth-order valence-corrected chi connectivity index (χ4v) is 3.07. The number of piperidine rings is 1. The Morgan fingerprint density at radius 3 is 2.53 bits per heavy atom. The molecule has 0 bridgehead atoms. The van der Waals surface area contributed by atoms with Gasteiger partial charge in [-0.25, -0.2) is 4.98 Å². The van der Waals surface area contributed by atoms with E-state index in [1.807, 2.05) is 0 Å². The van der Waals surface area contributed by atoms with Crippen molar-refractivity contribution in [3.8, 4) is 0 Å². The van der Waals surface area contributed by atoms with Gasteiger partial charge >= 0.3 is 0 Å². The number of aromatic nitrogens is 3. The van der Waals surface area contributed by atoms with Crippen LogP contribution in [-0.4, -0.2) is 21.7 Å². The topological polar surface area (TPSA) is 53.6 Å². The van der Waals surface area contributed by atoms with Crippen molar-refractivity contribution in [2.45, 2.75) is 63.3 Å². The third-order valence-electron chi connectivity index (χ3n) is 4.13. The predicted molar refractivity (Wildman–Crippen MR) is 66.8 cm³/mol. The van der Waals surface area contributed by atoms with Crippen LogP contribution in [-0.2, 0) is 0 Å². The summed E-state index contributed by atoms with van der Waals surface area (Å²) >= 11 is 0. The van der Waals surface area contributed by atoms with Gasteiger partial charge in [0.2, 0.25) is 0 Å². The summed E-state index contributed by atoms with van der Waals surface area (Å²) in [4.78, 5) is 4.73. The molecule has 2 fully saturated rings. The summed E-state index contributed by atoms with van der Waals surface area (Å²) in [5.74, 6) is 2.73. The zero-order chi connectivity index (χ0) is 11.5.